The second-order valence-corrected chi connectivity index (χ2v) is 7.09. The third-order valence-corrected chi connectivity index (χ3v) is 5.14. The van der Waals surface area contributed by atoms with Gasteiger partial charge in [0.1, 0.15) is 0 Å². The average molecular weight is 264 g/mol. The molecule has 1 heterocycles. The van der Waals surface area contributed by atoms with Crippen LogP contribution in [0.4, 0.5) is 0 Å². The van der Waals surface area contributed by atoms with Crippen molar-refractivity contribution in [3.63, 3.8) is 0 Å². The Balaban J connectivity index is 2.68. The standard InChI is InChI=1S/C11H24N2O3S/c1-5-12-6-11(4)17(14,15)13-7-9(2)16-10(3)8-13/h9-12H,5-8H2,1-4H3/t9-,10+,11?. The van der Waals surface area contributed by atoms with E-state index in [1.54, 1.807) is 11.2 Å². The van der Waals surface area contributed by atoms with Gasteiger partial charge in [-0.25, -0.2) is 8.42 Å². The van der Waals surface area contributed by atoms with Crippen LogP contribution in [0.15, 0.2) is 0 Å². The highest BCUT2D eigenvalue weighted by molar-refractivity contribution is 7.89. The minimum atomic E-state index is -3.21. The lowest BCUT2D eigenvalue weighted by Crippen LogP contribution is -2.51. The predicted molar refractivity (Wildman–Crippen MR) is 68.5 cm³/mol. The summed E-state index contributed by atoms with van der Waals surface area (Å²) in [4.78, 5) is 0. The van der Waals surface area contributed by atoms with Crippen molar-refractivity contribution in [2.24, 2.45) is 0 Å². The molecule has 1 saturated heterocycles. The van der Waals surface area contributed by atoms with E-state index in [0.717, 1.165) is 6.54 Å². The fourth-order valence-electron chi connectivity index (χ4n) is 2.05. The summed E-state index contributed by atoms with van der Waals surface area (Å²) in [5.74, 6) is 0. The van der Waals surface area contributed by atoms with Crippen molar-refractivity contribution in [3.8, 4) is 0 Å². The van der Waals surface area contributed by atoms with E-state index >= 15 is 0 Å². The van der Waals surface area contributed by atoms with Crippen LogP contribution in [0.25, 0.3) is 0 Å². The molecule has 0 spiro atoms. The van der Waals surface area contributed by atoms with Crippen LogP contribution in [0, 0.1) is 0 Å². The Morgan fingerprint density at radius 3 is 2.35 bits per heavy atom. The second-order valence-electron chi connectivity index (χ2n) is 4.74. The zero-order chi connectivity index (χ0) is 13.1. The number of nitrogens with one attached hydrogen (secondary N) is 1. The quantitative estimate of drug-likeness (QED) is 0.782. The molecule has 17 heavy (non-hydrogen) atoms. The summed E-state index contributed by atoms with van der Waals surface area (Å²) in [6, 6.07) is 0. The van der Waals surface area contributed by atoms with E-state index in [1.807, 2.05) is 20.8 Å². The molecule has 1 rings (SSSR count). The van der Waals surface area contributed by atoms with Crippen LogP contribution in [0.3, 0.4) is 0 Å². The van der Waals surface area contributed by atoms with Gasteiger partial charge in [-0.1, -0.05) is 6.92 Å². The molecule has 1 fully saturated rings. The van der Waals surface area contributed by atoms with E-state index in [2.05, 4.69) is 5.32 Å². The normalized spacial score (nSPS) is 29.2. The first kappa shape index (κ1) is 14.9. The Morgan fingerprint density at radius 1 is 1.35 bits per heavy atom. The fraction of sp³-hybridized carbons (Fsp3) is 1.00. The lowest BCUT2D eigenvalue weighted by Gasteiger charge is -2.35. The molecule has 3 atom stereocenters. The van der Waals surface area contributed by atoms with Crippen molar-refractivity contribution in [2.45, 2.75) is 45.2 Å². The minimum Gasteiger partial charge on any atom is -0.373 e. The SMILES string of the molecule is CCNCC(C)S(=O)(=O)N1C[C@@H](C)O[C@@H](C)C1. The molecule has 1 aliphatic heterocycles. The number of hydrogen-bond acceptors (Lipinski definition) is 4. The number of rotatable bonds is 5. The van der Waals surface area contributed by atoms with E-state index in [0.29, 0.717) is 19.6 Å². The van der Waals surface area contributed by atoms with Gasteiger partial charge in [0.15, 0.2) is 0 Å². The molecule has 0 aromatic carbocycles. The Morgan fingerprint density at radius 2 is 1.88 bits per heavy atom. The number of sulfonamides is 1. The number of ether oxygens (including phenoxy) is 1. The molecular formula is C11H24N2O3S. The summed E-state index contributed by atoms with van der Waals surface area (Å²) in [6.07, 6.45) is -0.0558. The predicted octanol–water partition coefficient (Wildman–Crippen LogP) is 0.423. The number of hydrogen-bond donors (Lipinski definition) is 1. The molecule has 0 aliphatic carbocycles. The highest BCUT2D eigenvalue weighted by Gasteiger charge is 2.34. The van der Waals surface area contributed by atoms with Gasteiger partial charge in [-0.2, -0.15) is 4.31 Å². The monoisotopic (exact) mass is 264 g/mol. The zero-order valence-electron chi connectivity index (χ0n) is 11.1. The first-order valence-electron chi connectivity index (χ1n) is 6.23. The van der Waals surface area contributed by atoms with Crippen molar-refractivity contribution in [3.05, 3.63) is 0 Å². The van der Waals surface area contributed by atoms with Gasteiger partial charge in [-0.3, -0.25) is 0 Å². The molecular weight excluding hydrogens is 240 g/mol. The summed E-state index contributed by atoms with van der Waals surface area (Å²) in [6.45, 7) is 9.75. The number of morpholine rings is 1. The minimum absolute atomic E-state index is 0.0279. The summed E-state index contributed by atoms with van der Waals surface area (Å²) >= 11 is 0. The second kappa shape index (κ2) is 6.13. The van der Waals surface area contributed by atoms with Gasteiger partial charge < -0.3 is 10.1 Å². The van der Waals surface area contributed by atoms with E-state index in [-0.39, 0.29) is 17.5 Å². The molecule has 1 unspecified atom stereocenters. The van der Waals surface area contributed by atoms with Crippen molar-refractivity contribution in [1.29, 1.82) is 0 Å². The van der Waals surface area contributed by atoms with Gasteiger partial charge in [0, 0.05) is 19.6 Å². The molecule has 1 N–H and O–H groups in total. The van der Waals surface area contributed by atoms with Crippen molar-refractivity contribution < 1.29 is 13.2 Å². The summed E-state index contributed by atoms with van der Waals surface area (Å²) < 4.78 is 31.7. The maximum absolute atomic E-state index is 12.3. The van der Waals surface area contributed by atoms with Crippen LogP contribution >= 0.6 is 0 Å². The summed E-state index contributed by atoms with van der Waals surface area (Å²) in [5.41, 5.74) is 0. The molecule has 0 saturated carbocycles. The Hall–Kier alpha value is -0.170. The molecule has 5 nitrogen and oxygen atoms in total. The smallest absolute Gasteiger partial charge is 0.218 e. The van der Waals surface area contributed by atoms with Crippen LogP contribution in [0.1, 0.15) is 27.7 Å². The molecule has 102 valence electrons. The highest BCUT2D eigenvalue weighted by atomic mass is 32.2. The number of nitrogens with zero attached hydrogens (tertiary/aromatic N) is 1. The summed E-state index contributed by atoms with van der Waals surface area (Å²) in [7, 11) is -3.21. The largest absolute Gasteiger partial charge is 0.373 e. The average Bonchev–Trinajstić information content (AvgIpc) is 2.24. The van der Waals surface area contributed by atoms with Crippen molar-refractivity contribution >= 4 is 10.0 Å². The molecule has 6 heteroatoms. The van der Waals surface area contributed by atoms with Crippen molar-refractivity contribution in [1.82, 2.24) is 9.62 Å². The third-order valence-electron chi connectivity index (χ3n) is 2.94. The van der Waals surface area contributed by atoms with Gasteiger partial charge in [-0.15, -0.1) is 0 Å². The van der Waals surface area contributed by atoms with Crippen LogP contribution in [0.5, 0.6) is 0 Å². The van der Waals surface area contributed by atoms with Crippen LogP contribution < -0.4 is 5.32 Å². The Labute approximate surface area is 105 Å². The van der Waals surface area contributed by atoms with Gasteiger partial charge in [0.25, 0.3) is 0 Å². The van der Waals surface area contributed by atoms with E-state index in [4.69, 9.17) is 4.74 Å². The molecule has 1 aliphatic rings. The van der Waals surface area contributed by atoms with Gasteiger partial charge in [0.2, 0.25) is 10.0 Å². The Kier molecular flexibility index (Phi) is 5.37. The maximum Gasteiger partial charge on any atom is 0.218 e. The zero-order valence-corrected chi connectivity index (χ0v) is 12.0. The molecule has 0 amide bonds. The first-order valence-corrected chi connectivity index (χ1v) is 7.73. The van der Waals surface area contributed by atoms with Gasteiger partial charge >= 0.3 is 0 Å². The molecule has 0 aromatic rings. The third kappa shape index (κ3) is 3.91. The molecule has 0 aromatic heterocycles. The van der Waals surface area contributed by atoms with Crippen LogP contribution in [0.2, 0.25) is 0 Å². The topological polar surface area (TPSA) is 58.6 Å². The lowest BCUT2D eigenvalue weighted by atomic mass is 10.3. The maximum atomic E-state index is 12.3. The Bertz CT molecular complexity index is 322. The van der Waals surface area contributed by atoms with Gasteiger partial charge in [0.05, 0.1) is 17.5 Å². The van der Waals surface area contributed by atoms with Crippen LogP contribution in [-0.4, -0.2) is 56.4 Å². The fourth-order valence-corrected chi connectivity index (χ4v) is 3.72. The van der Waals surface area contributed by atoms with Crippen LogP contribution in [-0.2, 0) is 14.8 Å². The van der Waals surface area contributed by atoms with E-state index in [9.17, 15) is 8.42 Å². The van der Waals surface area contributed by atoms with Crippen molar-refractivity contribution in [2.75, 3.05) is 26.2 Å². The van der Waals surface area contributed by atoms with E-state index < -0.39 is 10.0 Å². The molecule has 0 bridgehead atoms. The molecule has 0 radical (unpaired) electrons. The lowest BCUT2D eigenvalue weighted by molar-refractivity contribution is -0.0442. The summed E-state index contributed by atoms with van der Waals surface area (Å²) in [5, 5.41) is 2.69. The van der Waals surface area contributed by atoms with E-state index in [1.165, 1.54) is 0 Å². The first-order chi connectivity index (χ1) is 7.87. The highest BCUT2D eigenvalue weighted by Crippen LogP contribution is 2.17. The van der Waals surface area contributed by atoms with Gasteiger partial charge in [-0.05, 0) is 27.3 Å².